The zero-order valence-electron chi connectivity index (χ0n) is 14.3. The van der Waals surface area contributed by atoms with E-state index in [9.17, 15) is 19.3 Å². The van der Waals surface area contributed by atoms with Gasteiger partial charge in [0.15, 0.2) is 0 Å². The molecule has 0 saturated carbocycles. The van der Waals surface area contributed by atoms with Crippen molar-refractivity contribution in [2.75, 3.05) is 11.9 Å². The lowest BCUT2D eigenvalue weighted by Gasteiger charge is -2.12. The lowest BCUT2D eigenvalue weighted by molar-refractivity contribution is -0.127. The Hall–Kier alpha value is -3.26. The first-order valence-electron chi connectivity index (χ1n) is 8.02. The Balaban J connectivity index is 1.72. The number of hydrogen-bond donors (Lipinski definition) is 1. The Labute approximate surface area is 159 Å². The van der Waals surface area contributed by atoms with Crippen LogP contribution in [-0.4, -0.2) is 28.5 Å². The molecular formula is C19H15N3O4S. The molecule has 7 nitrogen and oxygen atoms in total. The zero-order valence-corrected chi connectivity index (χ0v) is 15.2. The van der Waals surface area contributed by atoms with E-state index in [1.54, 1.807) is 30.3 Å². The Morgan fingerprint density at radius 2 is 1.85 bits per heavy atom. The zero-order chi connectivity index (χ0) is 19.4. The first-order chi connectivity index (χ1) is 13.0. The van der Waals surface area contributed by atoms with E-state index in [-0.39, 0.29) is 17.1 Å². The molecule has 8 heteroatoms. The fraction of sp³-hybridized carbons (Fsp3) is 0.105. The minimum atomic E-state index is -0.579. The molecule has 3 amide bonds. The molecule has 1 N–H and O–H groups in total. The number of thioether (sulfide) groups is 1. The van der Waals surface area contributed by atoms with Crippen LogP contribution in [0, 0.1) is 11.8 Å². The number of nitroso groups, excluding NO2 is 1. The number of hydrogen-bond acceptors (Lipinski definition) is 6. The summed E-state index contributed by atoms with van der Waals surface area (Å²) >= 11 is 0.721. The molecule has 1 fully saturated rings. The van der Waals surface area contributed by atoms with Gasteiger partial charge >= 0.3 is 0 Å². The van der Waals surface area contributed by atoms with Crippen molar-refractivity contribution in [1.82, 2.24) is 4.90 Å². The molecule has 0 aromatic heterocycles. The quantitative estimate of drug-likeness (QED) is 0.622. The number of amides is 3. The van der Waals surface area contributed by atoms with Crippen LogP contribution < -0.4 is 5.32 Å². The van der Waals surface area contributed by atoms with Gasteiger partial charge in [-0.05, 0) is 48.1 Å². The predicted molar refractivity (Wildman–Crippen MR) is 104 cm³/mol. The van der Waals surface area contributed by atoms with E-state index in [1.807, 2.05) is 19.1 Å². The topological polar surface area (TPSA) is 95.9 Å². The number of nitrogens with zero attached hydrogens (tertiary/aromatic N) is 2. The van der Waals surface area contributed by atoms with Crippen molar-refractivity contribution in [1.29, 1.82) is 0 Å². The number of nitrogens with one attached hydrogen (secondary N) is 1. The van der Waals surface area contributed by atoms with Crippen LogP contribution in [0.5, 0.6) is 0 Å². The maximum Gasteiger partial charge on any atom is 0.294 e. The Morgan fingerprint density at radius 3 is 2.56 bits per heavy atom. The van der Waals surface area contributed by atoms with E-state index in [1.165, 1.54) is 12.1 Å². The molecule has 2 aromatic carbocycles. The van der Waals surface area contributed by atoms with Crippen LogP contribution in [0.2, 0.25) is 0 Å². The van der Waals surface area contributed by atoms with Crippen LogP contribution in [0.4, 0.5) is 16.2 Å². The molecule has 1 aliphatic rings. The number of anilines is 1. The summed E-state index contributed by atoms with van der Waals surface area (Å²) in [7, 11) is 0. The number of aryl methyl sites for hydroxylation is 1. The van der Waals surface area contributed by atoms with Gasteiger partial charge in [0.25, 0.3) is 11.1 Å². The molecule has 0 unspecified atom stereocenters. The van der Waals surface area contributed by atoms with E-state index in [4.69, 9.17) is 0 Å². The second-order valence-electron chi connectivity index (χ2n) is 5.83. The summed E-state index contributed by atoms with van der Waals surface area (Å²) in [6, 6.07) is 13.6. The van der Waals surface area contributed by atoms with E-state index < -0.39 is 17.1 Å². The molecule has 0 bridgehead atoms. The predicted octanol–water partition coefficient (Wildman–Crippen LogP) is 4.07. The second kappa shape index (κ2) is 7.96. The lowest BCUT2D eigenvalue weighted by atomic mass is 10.1. The number of imide groups is 1. The number of carbonyl (C=O) groups is 3. The molecule has 1 saturated heterocycles. The van der Waals surface area contributed by atoms with Gasteiger partial charge in [0, 0.05) is 11.3 Å². The molecule has 1 heterocycles. The SMILES string of the molecule is Cc1ccc(NC(=O)CN2C(=O)S/C(=C\c3ccccc3N=O)C2=O)cc1. The van der Waals surface area contributed by atoms with Gasteiger partial charge in [-0.3, -0.25) is 19.3 Å². The van der Waals surface area contributed by atoms with Crippen molar-refractivity contribution in [2.24, 2.45) is 5.18 Å². The smallest absolute Gasteiger partial charge is 0.294 e. The number of benzene rings is 2. The molecule has 0 aliphatic carbocycles. The maximum absolute atomic E-state index is 12.5. The Morgan fingerprint density at radius 1 is 1.15 bits per heavy atom. The van der Waals surface area contributed by atoms with Crippen LogP contribution >= 0.6 is 11.8 Å². The Kier molecular flexibility index (Phi) is 5.46. The van der Waals surface area contributed by atoms with Crippen LogP contribution in [0.25, 0.3) is 6.08 Å². The first-order valence-corrected chi connectivity index (χ1v) is 8.84. The number of rotatable bonds is 5. The third-order valence-electron chi connectivity index (χ3n) is 3.83. The Bertz CT molecular complexity index is 954. The average Bonchev–Trinajstić information content (AvgIpc) is 2.91. The molecular weight excluding hydrogens is 366 g/mol. The normalized spacial score (nSPS) is 15.3. The van der Waals surface area contributed by atoms with Crippen molar-refractivity contribution in [3.8, 4) is 0 Å². The molecule has 136 valence electrons. The van der Waals surface area contributed by atoms with E-state index in [0.29, 0.717) is 11.3 Å². The molecule has 2 aromatic rings. The highest BCUT2D eigenvalue weighted by molar-refractivity contribution is 8.18. The monoisotopic (exact) mass is 381 g/mol. The van der Waals surface area contributed by atoms with Crippen LogP contribution in [0.15, 0.2) is 58.6 Å². The van der Waals surface area contributed by atoms with Crippen LogP contribution in [-0.2, 0) is 9.59 Å². The fourth-order valence-corrected chi connectivity index (χ4v) is 3.28. The fourth-order valence-electron chi connectivity index (χ4n) is 2.45. The summed E-state index contributed by atoms with van der Waals surface area (Å²) in [5.41, 5.74) is 2.23. The van der Waals surface area contributed by atoms with Gasteiger partial charge in [-0.25, -0.2) is 0 Å². The van der Waals surface area contributed by atoms with Crippen LogP contribution in [0.3, 0.4) is 0 Å². The molecule has 1 aliphatic heterocycles. The minimum Gasteiger partial charge on any atom is -0.325 e. The standard InChI is InChI=1S/C19H15N3O4S/c1-12-6-8-14(9-7-12)20-17(23)11-22-18(24)16(27-19(22)25)10-13-4-2-3-5-15(13)21-26/h2-10H,11H2,1H3,(H,20,23)/b16-10-. The highest BCUT2D eigenvalue weighted by Crippen LogP contribution is 2.33. The van der Waals surface area contributed by atoms with Crippen LogP contribution in [0.1, 0.15) is 11.1 Å². The summed E-state index contributed by atoms with van der Waals surface area (Å²) in [5, 5.41) is 5.01. The number of carbonyl (C=O) groups excluding carboxylic acids is 3. The van der Waals surface area contributed by atoms with E-state index in [2.05, 4.69) is 10.5 Å². The highest BCUT2D eigenvalue weighted by Gasteiger charge is 2.36. The second-order valence-corrected chi connectivity index (χ2v) is 6.83. The van der Waals surface area contributed by atoms with Crippen molar-refractivity contribution in [2.45, 2.75) is 6.92 Å². The van der Waals surface area contributed by atoms with Gasteiger partial charge in [-0.2, -0.15) is 0 Å². The maximum atomic E-state index is 12.5. The van der Waals surface area contributed by atoms with Crippen molar-refractivity contribution in [3.05, 3.63) is 69.5 Å². The third kappa shape index (κ3) is 4.29. The molecule has 0 atom stereocenters. The summed E-state index contributed by atoms with van der Waals surface area (Å²) in [5.74, 6) is -1.05. The van der Waals surface area contributed by atoms with Gasteiger partial charge in [-0.1, -0.05) is 35.9 Å². The van der Waals surface area contributed by atoms with Gasteiger partial charge in [-0.15, -0.1) is 4.91 Å². The summed E-state index contributed by atoms with van der Waals surface area (Å²) in [4.78, 5) is 48.6. The highest BCUT2D eigenvalue weighted by atomic mass is 32.2. The first kappa shape index (κ1) is 18.5. The van der Waals surface area contributed by atoms with Crippen molar-refractivity contribution in [3.63, 3.8) is 0 Å². The summed E-state index contributed by atoms with van der Waals surface area (Å²) in [6.45, 7) is 1.54. The van der Waals surface area contributed by atoms with E-state index in [0.717, 1.165) is 22.2 Å². The summed E-state index contributed by atoms with van der Waals surface area (Å²) < 4.78 is 0. The third-order valence-corrected chi connectivity index (χ3v) is 4.74. The molecule has 0 spiro atoms. The van der Waals surface area contributed by atoms with Gasteiger partial charge in [0.2, 0.25) is 5.91 Å². The van der Waals surface area contributed by atoms with Gasteiger partial charge < -0.3 is 5.32 Å². The molecule has 3 rings (SSSR count). The molecule has 27 heavy (non-hydrogen) atoms. The average molecular weight is 381 g/mol. The summed E-state index contributed by atoms with van der Waals surface area (Å²) in [6.07, 6.45) is 1.43. The minimum absolute atomic E-state index is 0.138. The largest absolute Gasteiger partial charge is 0.325 e. The van der Waals surface area contributed by atoms with Gasteiger partial charge in [0.1, 0.15) is 12.2 Å². The molecule has 0 radical (unpaired) electrons. The van der Waals surface area contributed by atoms with E-state index >= 15 is 0 Å². The van der Waals surface area contributed by atoms with Gasteiger partial charge in [0.05, 0.1) is 4.91 Å². The van der Waals surface area contributed by atoms with Crippen molar-refractivity contribution < 1.29 is 14.4 Å². The lowest BCUT2D eigenvalue weighted by Crippen LogP contribution is -2.36. The van der Waals surface area contributed by atoms with Crippen molar-refractivity contribution >= 4 is 46.3 Å².